The van der Waals surface area contributed by atoms with Crippen molar-refractivity contribution in [3.63, 3.8) is 0 Å². The summed E-state index contributed by atoms with van der Waals surface area (Å²) in [5, 5.41) is 0. The Balaban J connectivity index is -0.0000000906. The third kappa shape index (κ3) is 74.1. The van der Waals surface area contributed by atoms with E-state index in [0.717, 1.165) is 32.1 Å². The van der Waals surface area contributed by atoms with Crippen molar-refractivity contribution < 1.29 is 31.4 Å². The minimum absolute atomic E-state index is 0.271. The van der Waals surface area contributed by atoms with Gasteiger partial charge in [0, 0.05) is 6.42 Å². The Morgan fingerprint density at radius 1 is 0.968 bits per heavy atom. The van der Waals surface area contributed by atoms with E-state index in [4.69, 9.17) is 9.47 Å². The van der Waals surface area contributed by atoms with Gasteiger partial charge in [-0.1, -0.05) is 43.9 Å². The van der Waals surface area contributed by atoms with Crippen LogP contribution in [0, 0.1) is 0 Å². The van der Waals surface area contributed by atoms with E-state index in [9.17, 15) is 22.0 Å². The second-order valence-corrected chi connectivity index (χ2v) is 5.21. The Morgan fingerprint density at radius 3 is 1.58 bits per heavy atom. The standard InChI is InChI=1S/C6H10O2.C4H5F3.C4H7F.C4H8.C3H5F.C3H6/c1-2-8-6-3-4-7-5-6;1-2-3-4(5,6)7;1-2-3-4-5;1-3-4-2;1-2-3-4;1-3-2/h2,6H,1,3-5H2;2H,1,3H2;2H,1,3-4H2;3H,1,4H2,2H3;2H,1,3H2;3H,1H2,2H3/t6-;;;;;/m0...../s1. The van der Waals surface area contributed by atoms with Crippen molar-refractivity contribution in [3.05, 3.63) is 76.1 Å². The minimum atomic E-state index is -4.07. The molecule has 184 valence electrons. The first-order valence-electron chi connectivity index (χ1n) is 9.69. The molecule has 0 aromatic carbocycles. The number of allylic oxidation sites excluding steroid dienone is 5. The van der Waals surface area contributed by atoms with Gasteiger partial charge < -0.3 is 9.47 Å². The summed E-state index contributed by atoms with van der Waals surface area (Å²) in [4.78, 5) is 0. The normalized spacial score (nSPS) is 12.9. The SMILES string of the molecule is C=CC.C=CCC.C=CCC(F)(F)F.C=CCCF.C=CCF.C=CO[C@H]1CCOC1. The Morgan fingerprint density at radius 2 is 1.45 bits per heavy atom. The van der Waals surface area contributed by atoms with E-state index < -0.39 is 19.3 Å². The summed E-state index contributed by atoms with van der Waals surface area (Å²) in [6.07, 6.45) is 6.58. The lowest BCUT2D eigenvalue weighted by atomic mass is 10.3. The van der Waals surface area contributed by atoms with Crippen LogP contribution in [0.5, 0.6) is 0 Å². The van der Waals surface area contributed by atoms with Gasteiger partial charge in [-0.05, 0) is 19.8 Å². The average Bonchev–Trinajstić information content (AvgIpc) is 3.23. The Kier molecular flexibility index (Phi) is 48.8. The van der Waals surface area contributed by atoms with Gasteiger partial charge in [0.15, 0.2) is 0 Å². The molecule has 1 fully saturated rings. The molecule has 1 aliphatic rings. The molecule has 1 atom stereocenters. The van der Waals surface area contributed by atoms with Crippen LogP contribution in [0.2, 0.25) is 0 Å². The molecule has 0 aliphatic carbocycles. The molecule has 0 saturated carbocycles. The third-order valence-corrected chi connectivity index (χ3v) is 2.26. The molecule has 1 rings (SSSR count). The van der Waals surface area contributed by atoms with Crippen molar-refractivity contribution in [2.75, 3.05) is 26.6 Å². The van der Waals surface area contributed by atoms with Gasteiger partial charge in [0.1, 0.15) is 12.8 Å². The highest BCUT2D eigenvalue weighted by Gasteiger charge is 2.23. The quantitative estimate of drug-likeness (QED) is 0.217. The fourth-order valence-corrected chi connectivity index (χ4v) is 0.997. The first kappa shape index (κ1) is 39.3. The minimum Gasteiger partial charge on any atom is -0.496 e. The van der Waals surface area contributed by atoms with E-state index in [2.05, 4.69) is 46.4 Å². The fraction of sp³-hybridized carbons (Fsp3) is 0.500. The topological polar surface area (TPSA) is 18.5 Å². The first-order valence-corrected chi connectivity index (χ1v) is 9.69. The van der Waals surface area contributed by atoms with Crippen LogP contribution in [0.1, 0.15) is 39.5 Å². The molecule has 0 aromatic rings. The molecule has 0 aromatic heterocycles. The monoisotopic (exact) mass is 456 g/mol. The van der Waals surface area contributed by atoms with E-state index in [-0.39, 0.29) is 12.8 Å². The highest BCUT2D eigenvalue weighted by atomic mass is 19.4. The maximum absolute atomic E-state index is 11.0. The fourth-order valence-electron chi connectivity index (χ4n) is 0.997. The van der Waals surface area contributed by atoms with Gasteiger partial charge in [0.2, 0.25) is 0 Å². The van der Waals surface area contributed by atoms with Crippen LogP contribution in [0.4, 0.5) is 22.0 Å². The maximum atomic E-state index is 11.0. The number of ether oxygens (including phenoxy) is 2. The van der Waals surface area contributed by atoms with Crippen LogP contribution in [-0.4, -0.2) is 38.8 Å². The van der Waals surface area contributed by atoms with Gasteiger partial charge in [0.25, 0.3) is 0 Å². The highest BCUT2D eigenvalue weighted by Crippen LogP contribution is 2.18. The van der Waals surface area contributed by atoms with Gasteiger partial charge in [-0.2, -0.15) is 13.2 Å². The summed E-state index contributed by atoms with van der Waals surface area (Å²) in [7, 11) is 0. The molecular formula is C24H41F5O2. The van der Waals surface area contributed by atoms with E-state index >= 15 is 0 Å². The zero-order chi connectivity index (χ0) is 25.4. The summed E-state index contributed by atoms with van der Waals surface area (Å²) in [6, 6.07) is 0. The van der Waals surface area contributed by atoms with Crippen molar-refractivity contribution in [2.45, 2.75) is 51.8 Å². The Hall–Kier alpha value is -2.15. The second kappa shape index (κ2) is 38.5. The number of hydrogen-bond donors (Lipinski definition) is 0. The van der Waals surface area contributed by atoms with Crippen LogP contribution in [0.15, 0.2) is 76.1 Å². The smallest absolute Gasteiger partial charge is 0.392 e. The molecule has 1 aliphatic heterocycles. The van der Waals surface area contributed by atoms with Gasteiger partial charge in [0.05, 0.1) is 32.6 Å². The van der Waals surface area contributed by atoms with Crippen LogP contribution in [0.3, 0.4) is 0 Å². The predicted octanol–water partition coefficient (Wildman–Crippen LogP) is 8.51. The Labute approximate surface area is 186 Å². The maximum Gasteiger partial charge on any atom is 0.392 e. The van der Waals surface area contributed by atoms with Crippen molar-refractivity contribution in [1.29, 1.82) is 0 Å². The number of halogens is 5. The molecule has 2 nitrogen and oxygen atoms in total. The lowest BCUT2D eigenvalue weighted by Gasteiger charge is -2.03. The summed E-state index contributed by atoms with van der Waals surface area (Å²) in [5.41, 5.74) is 0. The summed E-state index contributed by atoms with van der Waals surface area (Å²) in [6.45, 7) is 24.4. The highest BCUT2D eigenvalue weighted by molar-refractivity contribution is 4.70. The van der Waals surface area contributed by atoms with Crippen molar-refractivity contribution in [1.82, 2.24) is 0 Å². The van der Waals surface area contributed by atoms with Crippen LogP contribution in [0.25, 0.3) is 0 Å². The molecule has 31 heavy (non-hydrogen) atoms. The summed E-state index contributed by atoms with van der Waals surface area (Å²) < 4.78 is 64.6. The molecule has 0 bridgehead atoms. The number of hydrogen-bond acceptors (Lipinski definition) is 2. The number of rotatable bonds is 7. The van der Waals surface area contributed by atoms with Gasteiger partial charge >= 0.3 is 6.18 Å². The van der Waals surface area contributed by atoms with Crippen molar-refractivity contribution >= 4 is 0 Å². The van der Waals surface area contributed by atoms with Crippen molar-refractivity contribution in [2.24, 2.45) is 0 Å². The zero-order valence-corrected chi connectivity index (χ0v) is 19.1. The summed E-state index contributed by atoms with van der Waals surface area (Å²) >= 11 is 0. The Bertz CT molecular complexity index is 380. The van der Waals surface area contributed by atoms with Crippen LogP contribution >= 0.6 is 0 Å². The largest absolute Gasteiger partial charge is 0.496 e. The van der Waals surface area contributed by atoms with Gasteiger partial charge in [-0.3, -0.25) is 4.39 Å². The van der Waals surface area contributed by atoms with Crippen LogP contribution in [-0.2, 0) is 9.47 Å². The molecule has 0 radical (unpaired) electrons. The van der Waals surface area contributed by atoms with E-state index in [0.29, 0.717) is 6.42 Å². The lowest BCUT2D eigenvalue weighted by Crippen LogP contribution is -2.07. The molecule has 1 heterocycles. The third-order valence-electron chi connectivity index (χ3n) is 2.26. The van der Waals surface area contributed by atoms with E-state index in [1.54, 1.807) is 12.2 Å². The predicted molar refractivity (Wildman–Crippen MR) is 125 cm³/mol. The molecule has 0 unspecified atom stereocenters. The average molecular weight is 457 g/mol. The van der Waals surface area contributed by atoms with E-state index in [1.807, 2.05) is 13.0 Å². The molecule has 0 amide bonds. The first-order chi connectivity index (χ1) is 14.6. The molecule has 7 heteroatoms. The van der Waals surface area contributed by atoms with Gasteiger partial charge in [-0.15, -0.1) is 32.9 Å². The summed E-state index contributed by atoms with van der Waals surface area (Å²) in [5.74, 6) is 0. The molecule has 0 N–H and O–H groups in total. The number of alkyl halides is 5. The van der Waals surface area contributed by atoms with Crippen molar-refractivity contribution in [3.8, 4) is 0 Å². The van der Waals surface area contributed by atoms with Crippen LogP contribution < -0.4 is 0 Å². The second-order valence-electron chi connectivity index (χ2n) is 5.21. The van der Waals surface area contributed by atoms with E-state index in [1.165, 1.54) is 12.3 Å². The molecule has 0 spiro atoms. The molecular weight excluding hydrogens is 415 g/mol. The lowest BCUT2D eigenvalue weighted by molar-refractivity contribution is -0.124. The van der Waals surface area contributed by atoms with Gasteiger partial charge in [-0.25, -0.2) is 4.39 Å². The zero-order valence-electron chi connectivity index (χ0n) is 19.1. The molecule has 1 saturated heterocycles.